The van der Waals surface area contributed by atoms with Crippen LogP contribution in [0.3, 0.4) is 0 Å². The monoisotopic (exact) mass is 485 g/mol. The zero-order valence-electron chi connectivity index (χ0n) is 18.2. The molecule has 0 heterocycles. The van der Waals surface area contributed by atoms with E-state index in [9.17, 15) is 9.32 Å². The number of phenols is 1. The van der Waals surface area contributed by atoms with Crippen molar-refractivity contribution in [2.45, 2.75) is 77.6 Å². The molecule has 31 heavy (non-hydrogen) atoms. The minimum Gasteiger partial charge on any atom is -0.505 e. The third-order valence-electron chi connectivity index (χ3n) is 5.13. The van der Waals surface area contributed by atoms with E-state index in [1.807, 2.05) is 24.3 Å². The number of aromatic hydroxyl groups is 1. The van der Waals surface area contributed by atoms with Gasteiger partial charge in [-0.25, -0.2) is 0 Å². The molecule has 2 N–H and O–H groups in total. The first kappa shape index (κ1) is 25.8. The summed E-state index contributed by atoms with van der Waals surface area (Å²) in [5, 5.41) is 9.72. The van der Waals surface area contributed by atoms with Crippen molar-refractivity contribution in [1.29, 1.82) is 0 Å². The zero-order valence-corrected chi connectivity index (χ0v) is 20.5. The second kappa shape index (κ2) is 14.6. The highest BCUT2D eigenvalue weighted by atomic mass is 35.5. The Bertz CT molecular complexity index is 792. The first-order chi connectivity index (χ1) is 15.0. The lowest BCUT2D eigenvalue weighted by atomic mass is 10.0. The molecule has 2 aromatic rings. The van der Waals surface area contributed by atoms with Crippen molar-refractivity contribution in [3.05, 3.63) is 52.0 Å². The second-order valence-corrected chi connectivity index (χ2v) is 9.44. The molecule has 4 nitrogen and oxygen atoms in total. The fraction of sp³-hybridized carbons (Fsp3) is 0.500. The number of hydrogen-bond acceptors (Lipinski definition) is 3. The van der Waals surface area contributed by atoms with E-state index in [4.69, 9.17) is 27.4 Å². The normalized spacial score (nSPS) is 12.0. The van der Waals surface area contributed by atoms with Crippen molar-refractivity contribution < 1.29 is 13.5 Å². The lowest BCUT2D eigenvalue weighted by Gasteiger charge is -2.09. The molecule has 0 aromatic heterocycles. The molecule has 0 fully saturated rings. The minimum atomic E-state index is -1.81. The third kappa shape index (κ3) is 10.2. The molecule has 1 unspecified atom stereocenters. The van der Waals surface area contributed by atoms with Crippen LogP contribution >= 0.6 is 23.2 Å². The number of aryl methyl sites for hydroxylation is 1. The SMILES string of the molecule is CCCCCCCCCCCCc1ccc(OS(=O)Nc2cc(Cl)c(O)c(Cl)c2)cc1. The zero-order chi connectivity index (χ0) is 22.5. The average molecular weight is 487 g/mol. The molecule has 0 aliphatic carbocycles. The van der Waals surface area contributed by atoms with Gasteiger partial charge in [-0.15, -0.1) is 0 Å². The molecule has 172 valence electrons. The van der Waals surface area contributed by atoms with Crippen molar-refractivity contribution >= 4 is 40.2 Å². The molecule has 2 rings (SSSR count). The van der Waals surface area contributed by atoms with E-state index >= 15 is 0 Å². The number of unbranched alkanes of at least 4 members (excludes halogenated alkanes) is 9. The van der Waals surface area contributed by atoms with E-state index in [0.717, 1.165) is 6.42 Å². The summed E-state index contributed by atoms with van der Waals surface area (Å²) in [6, 6.07) is 10.5. The van der Waals surface area contributed by atoms with E-state index < -0.39 is 11.3 Å². The topological polar surface area (TPSA) is 58.6 Å². The van der Waals surface area contributed by atoms with E-state index in [0.29, 0.717) is 11.4 Å². The molecule has 7 heteroatoms. The molecule has 0 bridgehead atoms. The smallest absolute Gasteiger partial charge is 0.316 e. The van der Waals surface area contributed by atoms with Crippen LogP contribution in [0.15, 0.2) is 36.4 Å². The summed E-state index contributed by atoms with van der Waals surface area (Å²) in [6.07, 6.45) is 14.4. The van der Waals surface area contributed by atoms with Gasteiger partial charge < -0.3 is 9.29 Å². The molecular weight excluding hydrogens is 453 g/mol. The first-order valence-corrected chi connectivity index (χ1v) is 13.0. The van der Waals surface area contributed by atoms with Crippen LogP contribution in [0.1, 0.15) is 76.7 Å². The van der Waals surface area contributed by atoms with Crippen molar-refractivity contribution in [3.8, 4) is 11.5 Å². The highest BCUT2D eigenvalue weighted by Gasteiger charge is 2.10. The Labute approximate surface area is 199 Å². The maximum Gasteiger partial charge on any atom is 0.316 e. The predicted molar refractivity (Wildman–Crippen MR) is 133 cm³/mol. The Balaban J connectivity index is 1.63. The van der Waals surface area contributed by atoms with Crippen LogP contribution in [0.25, 0.3) is 0 Å². The summed E-state index contributed by atoms with van der Waals surface area (Å²) in [6.45, 7) is 2.26. The average Bonchev–Trinajstić information content (AvgIpc) is 2.74. The van der Waals surface area contributed by atoms with Gasteiger partial charge in [0.25, 0.3) is 0 Å². The molecule has 1 atom stereocenters. The van der Waals surface area contributed by atoms with Gasteiger partial charge in [0.2, 0.25) is 0 Å². The number of phenolic OH excluding ortho intramolecular Hbond substituents is 1. The fourth-order valence-electron chi connectivity index (χ4n) is 3.36. The van der Waals surface area contributed by atoms with Crippen molar-refractivity contribution in [1.82, 2.24) is 0 Å². The fourth-order valence-corrected chi connectivity index (χ4v) is 4.48. The molecule has 0 amide bonds. The first-order valence-electron chi connectivity index (χ1n) is 11.1. The Morgan fingerprint density at radius 3 is 1.94 bits per heavy atom. The minimum absolute atomic E-state index is 0.0725. The van der Waals surface area contributed by atoms with E-state index in [2.05, 4.69) is 11.6 Å². The molecule has 0 aliphatic heterocycles. The molecule has 0 radical (unpaired) electrons. The van der Waals surface area contributed by atoms with Crippen molar-refractivity contribution in [2.75, 3.05) is 4.72 Å². The largest absolute Gasteiger partial charge is 0.505 e. The molecule has 0 saturated heterocycles. The van der Waals surface area contributed by atoms with Gasteiger partial charge in [0, 0.05) is 0 Å². The van der Waals surface area contributed by atoms with Gasteiger partial charge in [-0.3, -0.25) is 4.72 Å². The third-order valence-corrected chi connectivity index (χ3v) is 6.45. The summed E-state index contributed by atoms with van der Waals surface area (Å²) in [7, 11) is 0. The quantitative estimate of drug-likeness (QED) is 0.197. The highest BCUT2D eigenvalue weighted by Crippen LogP contribution is 2.34. The number of hydrogen-bond donors (Lipinski definition) is 2. The summed E-state index contributed by atoms with van der Waals surface area (Å²) in [4.78, 5) is 0. The van der Waals surface area contributed by atoms with Crippen LogP contribution in [-0.2, 0) is 17.7 Å². The number of benzene rings is 2. The van der Waals surface area contributed by atoms with Gasteiger partial charge in [0.15, 0.2) is 5.75 Å². The van der Waals surface area contributed by atoms with Crippen LogP contribution in [0.5, 0.6) is 11.5 Å². The molecule has 0 saturated carbocycles. The van der Waals surface area contributed by atoms with Gasteiger partial charge in [0.05, 0.1) is 15.7 Å². The Morgan fingerprint density at radius 2 is 1.39 bits per heavy atom. The Kier molecular flexibility index (Phi) is 12.2. The maximum absolute atomic E-state index is 12.2. The van der Waals surface area contributed by atoms with E-state index in [-0.39, 0.29) is 15.8 Å². The lowest BCUT2D eigenvalue weighted by Crippen LogP contribution is -2.11. The lowest BCUT2D eigenvalue weighted by molar-refractivity contribution is 0.476. The van der Waals surface area contributed by atoms with Gasteiger partial charge in [-0.1, -0.05) is 100 Å². The number of nitrogens with one attached hydrogen (secondary N) is 1. The number of halogens is 2. The van der Waals surface area contributed by atoms with E-state index in [1.54, 1.807) is 0 Å². The molecule has 0 aliphatic rings. The summed E-state index contributed by atoms with van der Waals surface area (Å²) in [5.41, 5.74) is 1.64. The number of rotatable bonds is 15. The van der Waals surface area contributed by atoms with Crippen LogP contribution < -0.4 is 8.91 Å². The molecule has 2 aromatic carbocycles. The number of anilines is 1. The highest BCUT2D eigenvalue weighted by molar-refractivity contribution is 7.81. The van der Waals surface area contributed by atoms with Gasteiger partial charge in [0.1, 0.15) is 5.75 Å². The van der Waals surface area contributed by atoms with Crippen molar-refractivity contribution in [3.63, 3.8) is 0 Å². The van der Waals surface area contributed by atoms with Crippen LogP contribution in [0.2, 0.25) is 10.0 Å². The van der Waals surface area contributed by atoms with Crippen LogP contribution in [-0.4, -0.2) is 9.32 Å². The molecule has 0 spiro atoms. The Morgan fingerprint density at radius 1 is 0.871 bits per heavy atom. The van der Waals surface area contributed by atoms with Gasteiger partial charge in [-0.05, 0) is 42.7 Å². The van der Waals surface area contributed by atoms with Gasteiger partial charge >= 0.3 is 11.3 Å². The summed E-state index contributed by atoms with van der Waals surface area (Å²) in [5.74, 6) is 0.298. The Hall–Kier alpha value is -1.43. The van der Waals surface area contributed by atoms with Crippen molar-refractivity contribution in [2.24, 2.45) is 0 Å². The van der Waals surface area contributed by atoms with Crippen LogP contribution in [0, 0.1) is 0 Å². The standard InChI is InChI=1S/C24H33Cl2NO3S/c1-2-3-4-5-6-7-8-9-10-11-12-19-13-15-21(16-14-19)30-31(29)27-20-17-22(25)24(28)23(26)18-20/h13-18,27-28H,2-12H2,1H3. The maximum atomic E-state index is 12.2. The van der Waals surface area contributed by atoms with Gasteiger partial charge in [-0.2, -0.15) is 4.21 Å². The second-order valence-electron chi connectivity index (χ2n) is 7.78. The predicted octanol–water partition coefficient (Wildman–Crippen LogP) is 8.23. The summed E-state index contributed by atoms with van der Waals surface area (Å²) < 4.78 is 20.2. The molecular formula is C24H33Cl2NO3S. The van der Waals surface area contributed by atoms with E-state index in [1.165, 1.54) is 81.9 Å². The van der Waals surface area contributed by atoms with Crippen LogP contribution in [0.4, 0.5) is 5.69 Å². The summed E-state index contributed by atoms with van der Waals surface area (Å²) >= 11 is 9.92.